The van der Waals surface area contributed by atoms with Crippen molar-refractivity contribution < 1.29 is 9.21 Å². The zero-order valence-electron chi connectivity index (χ0n) is 14.2. The zero-order chi connectivity index (χ0) is 17.1. The van der Waals surface area contributed by atoms with Crippen LogP contribution in [0.25, 0.3) is 0 Å². The summed E-state index contributed by atoms with van der Waals surface area (Å²) in [5.41, 5.74) is 1.16. The molecule has 2 fully saturated rings. The summed E-state index contributed by atoms with van der Waals surface area (Å²) in [5.74, 6) is 0.770. The number of amides is 1. The molecule has 2 aromatic rings. The molecule has 2 heterocycles. The van der Waals surface area contributed by atoms with Crippen LogP contribution in [-0.2, 0) is 11.2 Å². The first-order chi connectivity index (χ1) is 12.3. The number of piperazine rings is 1. The van der Waals surface area contributed by atoms with Gasteiger partial charge in [-0.05, 0) is 18.4 Å². The van der Waals surface area contributed by atoms with E-state index in [1.54, 1.807) is 0 Å². The number of hydrogen-bond acceptors (Lipinski definition) is 6. The molecule has 0 radical (unpaired) electrons. The molecule has 7 nitrogen and oxygen atoms in total. The number of aromatic nitrogens is 2. The summed E-state index contributed by atoms with van der Waals surface area (Å²) in [4.78, 5) is 16.2. The standard InChI is InChI=1S/C18H23N5O2/c24-16(19-15-6-7-15)13-22-8-10-23(11-9-22)18-21-20-17(25-18)12-14-4-2-1-3-5-14/h1-5,15H,6-13H2,(H,19,24). The minimum atomic E-state index is 0.138. The van der Waals surface area contributed by atoms with Gasteiger partial charge in [-0.2, -0.15) is 0 Å². The Labute approximate surface area is 147 Å². The summed E-state index contributed by atoms with van der Waals surface area (Å²) in [6.07, 6.45) is 2.90. The molecular formula is C18H23N5O2. The molecule has 1 amide bonds. The summed E-state index contributed by atoms with van der Waals surface area (Å²) in [7, 11) is 0. The van der Waals surface area contributed by atoms with Gasteiger partial charge in [0.15, 0.2) is 0 Å². The Hall–Kier alpha value is -2.41. The third-order valence-electron chi connectivity index (χ3n) is 4.61. The molecule has 2 aliphatic rings. The first kappa shape index (κ1) is 16.1. The van der Waals surface area contributed by atoms with Crippen molar-refractivity contribution in [3.63, 3.8) is 0 Å². The maximum Gasteiger partial charge on any atom is 0.318 e. The summed E-state index contributed by atoms with van der Waals surface area (Å²) in [6, 6.07) is 11.1. The van der Waals surface area contributed by atoms with Crippen LogP contribution in [0.5, 0.6) is 0 Å². The molecule has 0 bridgehead atoms. The van der Waals surface area contributed by atoms with Gasteiger partial charge in [0.05, 0.1) is 13.0 Å². The molecule has 132 valence electrons. The minimum absolute atomic E-state index is 0.138. The van der Waals surface area contributed by atoms with E-state index in [9.17, 15) is 4.79 Å². The fraction of sp³-hybridized carbons (Fsp3) is 0.500. The molecule has 1 aromatic heterocycles. The molecule has 4 rings (SSSR count). The van der Waals surface area contributed by atoms with Gasteiger partial charge < -0.3 is 14.6 Å². The predicted octanol–water partition coefficient (Wildman–Crippen LogP) is 1.06. The quantitative estimate of drug-likeness (QED) is 0.847. The van der Waals surface area contributed by atoms with E-state index in [0.29, 0.717) is 30.9 Å². The highest BCUT2D eigenvalue weighted by atomic mass is 16.4. The van der Waals surface area contributed by atoms with Crippen molar-refractivity contribution in [1.29, 1.82) is 0 Å². The number of nitrogens with zero attached hydrogens (tertiary/aromatic N) is 4. The van der Waals surface area contributed by atoms with Crippen molar-refractivity contribution in [3.8, 4) is 0 Å². The van der Waals surface area contributed by atoms with E-state index >= 15 is 0 Å². The summed E-state index contributed by atoms with van der Waals surface area (Å²) in [6.45, 7) is 3.73. The van der Waals surface area contributed by atoms with Crippen molar-refractivity contribution in [2.45, 2.75) is 25.3 Å². The van der Waals surface area contributed by atoms with Crippen LogP contribution in [0.15, 0.2) is 34.7 Å². The van der Waals surface area contributed by atoms with E-state index < -0.39 is 0 Å². The monoisotopic (exact) mass is 341 g/mol. The van der Waals surface area contributed by atoms with Crippen LogP contribution in [0.1, 0.15) is 24.3 Å². The molecule has 0 spiro atoms. The van der Waals surface area contributed by atoms with E-state index in [-0.39, 0.29) is 5.91 Å². The number of carbonyl (C=O) groups excluding carboxylic acids is 1. The van der Waals surface area contributed by atoms with Crippen LogP contribution in [0.2, 0.25) is 0 Å². The van der Waals surface area contributed by atoms with E-state index in [1.807, 2.05) is 18.2 Å². The number of rotatable bonds is 6. The van der Waals surface area contributed by atoms with Crippen molar-refractivity contribution in [3.05, 3.63) is 41.8 Å². The number of anilines is 1. The minimum Gasteiger partial charge on any atom is -0.408 e. The van der Waals surface area contributed by atoms with Gasteiger partial charge in [-0.15, -0.1) is 5.10 Å². The lowest BCUT2D eigenvalue weighted by atomic mass is 10.2. The molecule has 0 unspecified atom stereocenters. The van der Waals surface area contributed by atoms with Gasteiger partial charge in [0.1, 0.15) is 0 Å². The van der Waals surface area contributed by atoms with Crippen LogP contribution in [0.4, 0.5) is 6.01 Å². The van der Waals surface area contributed by atoms with Gasteiger partial charge in [-0.25, -0.2) is 0 Å². The molecule has 1 saturated heterocycles. The normalized spacial score (nSPS) is 18.3. The molecule has 0 atom stereocenters. The summed E-state index contributed by atoms with van der Waals surface area (Å²) in [5, 5.41) is 11.4. The molecule has 7 heteroatoms. The Kier molecular flexibility index (Phi) is 4.65. The van der Waals surface area contributed by atoms with Crippen LogP contribution in [0, 0.1) is 0 Å². The topological polar surface area (TPSA) is 74.5 Å². The maximum absolute atomic E-state index is 11.9. The molecular weight excluding hydrogens is 318 g/mol. The second-order valence-electron chi connectivity index (χ2n) is 6.75. The number of benzene rings is 1. The highest BCUT2D eigenvalue weighted by Crippen LogP contribution is 2.19. The van der Waals surface area contributed by atoms with E-state index in [0.717, 1.165) is 44.6 Å². The number of nitrogens with one attached hydrogen (secondary N) is 1. The van der Waals surface area contributed by atoms with Crippen molar-refractivity contribution >= 4 is 11.9 Å². The average molecular weight is 341 g/mol. The lowest BCUT2D eigenvalue weighted by molar-refractivity contribution is -0.122. The maximum atomic E-state index is 11.9. The lowest BCUT2D eigenvalue weighted by Crippen LogP contribution is -2.49. The molecule has 25 heavy (non-hydrogen) atoms. The van der Waals surface area contributed by atoms with Gasteiger partial charge >= 0.3 is 6.01 Å². The van der Waals surface area contributed by atoms with Gasteiger partial charge in [0, 0.05) is 32.2 Å². The molecule has 1 saturated carbocycles. The third kappa shape index (κ3) is 4.36. The SMILES string of the molecule is O=C(CN1CCN(c2nnc(Cc3ccccc3)o2)CC1)NC1CC1. The second kappa shape index (κ2) is 7.23. The lowest BCUT2D eigenvalue weighted by Gasteiger charge is -2.33. The average Bonchev–Trinajstić information content (AvgIpc) is 3.32. The zero-order valence-corrected chi connectivity index (χ0v) is 14.2. The van der Waals surface area contributed by atoms with Crippen LogP contribution < -0.4 is 10.2 Å². The van der Waals surface area contributed by atoms with Gasteiger partial charge in [-0.1, -0.05) is 35.4 Å². The highest BCUT2D eigenvalue weighted by molar-refractivity contribution is 5.78. The molecule has 1 aliphatic heterocycles. The Bertz CT molecular complexity index is 705. The van der Waals surface area contributed by atoms with E-state index in [1.165, 1.54) is 0 Å². The predicted molar refractivity (Wildman–Crippen MR) is 93.4 cm³/mol. The summed E-state index contributed by atoms with van der Waals surface area (Å²) >= 11 is 0. The van der Waals surface area contributed by atoms with E-state index in [4.69, 9.17) is 4.42 Å². The second-order valence-corrected chi connectivity index (χ2v) is 6.75. The van der Waals surface area contributed by atoms with Crippen LogP contribution >= 0.6 is 0 Å². The van der Waals surface area contributed by atoms with Gasteiger partial charge in [0.2, 0.25) is 11.8 Å². The Morgan fingerprint density at radius 1 is 1.12 bits per heavy atom. The van der Waals surface area contributed by atoms with Gasteiger partial charge in [0.25, 0.3) is 0 Å². The van der Waals surface area contributed by atoms with Crippen molar-refractivity contribution in [1.82, 2.24) is 20.4 Å². The van der Waals surface area contributed by atoms with Crippen molar-refractivity contribution in [2.24, 2.45) is 0 Å². The Balaban J connectivity index is 1.27. The summed E-state index contributed by atoms with van der Waals surface area (Å²) < 4.78 is 5.81. The number of hydrogen-bond donors (Lipinski definition) is 1. The van der Waals surface area contributed by atoms with E-state index in [2.05, 4.69) is 37.4 Å². The molecule has 1 N–H and O–H groups in total. The highest BCUT2D eigenvalue weighted by Gasteiger charge is 2.26. The molecule has 1 aromatic carbocycles. The van der Waals surface area contributed by atoms with Crippen molar-refractivity contribution in [2.75, 3.05) is 37.6 Å². The molecule has 1 aliphatic carbocycles. The fourth-order valence-corrected chi connectivity index (χ4v) is 3.02. The van der Waals surface area contributed by atoms with Gasteiger partial charge in [-0.3, -0.25) is 9.69 Å². The van der Waals surface area contributed by atoms with Crippen LogP contribution in [0.3, 0.4) is 0 Å². The van der Waals surface area contributed by atoms with Crippen LogP contribution in [-0.4, -0.2) is 59.8 Å². The third-order valence-corrected chi connectivity index (χ3v) is 4.61. The largest absolute Gasteiger partial charge is 0.408 e. The Morgan fingerprint density at radius 2 is 1.88 bits per heavy atom. The smallest absolute Gasteiger partial charge is 0.318 e. The fourth-order valence-electron chi connectivity index (χ4n) is 3.02. The first-order valence-electron chi connectivity index (χ1n) is 8.89. The first-order valence-corrected chi connectivity index (χ1v) is 8.89. The Morgan fingerprint density at radius 3 is 2.60 bits per heavy atom. The number of carbonyl (C=O) groups is 1.